The molecular formula is C14H20O4S. The van der Waals surface area contributed by atoms with E-state index >= 15 is 0 Å². The minimum Gasteiger partial charge on any atom is -0.466 e. The molecule has 4 nitrogen and oxygen atoms in total. The van der Waals surface area contributed by atoms with E-state index < -0.39 is 15.8 Å². The van der Waals surface area contributed by atoms with E-state index in [0.717, 1.165) is 16.7 Å². The fourth-order valence-corrected chi connectivity index (χ4v) is 3.25. The number of aryl methyl sites for hydroxylation is 2. The highest BCUT2D eigenvalue weighted by molar-refractivity contribution is 7.90. The Hall–Kier alpha value is -1.36. The number of sulfone groups is 1. The quantitative estimate of drug-likeness (QED) is 0.751. The SMILES string of the molecule is CCOC(=O)CCS(=O)(=O)Cc1cc(C)cc(C)c1. The average molecular weight is 284 g/mol. The van der Waals surface area contributed by atoms with Gasteiger partial charge in [0.1, 0.15) is 0 Å². The van der Waals surface area contributed by atoms with Crippen LogP contribution in [0.15, 0.2) is 18.2 Å². The predicted octanol–water partition coefficient (Wildman–Crippen LogP) is 2.17. The number of hydrogen-bond donors (Lipinski definition) is 0. The van der Waals surface area contributed by atoms with Gasteiger partial charge in [0.25, 0.3) is 0 Å². The van der Waals surface area contributed by atoms with Crippen LogP contribution in [-0.4, -0.2) is 26.7 Å². The van der Waals surface area contributed by atoms with Crippen molar-refractivity contribution in [2.24, 2.45) is 0 Å². The molecule has 0 aromatic heterocycles. The Labute approximate surface area is 114 Å². The Morgan fingerprint density at radius 3 is 2.26 bits per heavy atom. The van der Waals surface area contributed by atoms with Crippen molar-refractivity contribution < 1.29 is 17.9 Å². The summed E-state index contributed by atoms with van der Waals surface area (Å²) in [6.07, 6.45) is -0.0824. The second-order valence-electron chi connectivity index (χ2n) is 4.64. The normalized spacial score (nSPS) is 11.3. The first-order valence-electron chi connectivity index (χ1n) is 6.25. The molecule has 1 aromatic carbocycles. The lowest BCUT2D eigenvalue weighted by Gasteiger charge is -2.07. The van der Waals surface area contributed by atoms with Gasteiger partial charge < -0.3 is 4.74 Å². The maximum atomic E-state index is 11.9. The summed E-state index contributed by atoms with van der Waals surface area (Å²) in [5, 5.41) is 0. The van der Waals surface area contributed by atoms with Crippen LogP contribution >= 0.6 is 0 Å². The molecule has 0 saturated heterocycles. The fourth-order valence-electron chi connectivity index (χ4n) is 1.95. The van der Waals surface area contributed by atoms with Crippen LogP contribution in [0.3, 0.4) is 0 Å². The molecule has 0 aliphatic carbocycles. The van der Waals surface area contributed by atoms with Crippen molar-refractivity contribution in [1.29, 1.82) is 0 Å². The molecule has 0 atom stereocenters. The zero-order chi connectivity index (χ0) is 14.5. The molecule has 0 amide bonds. The van der Waals surface area contributed by atoms with E-state index in [4.69, 9.17) is 4.74 Å². The first kappa shape index (κ1) is 15.7. The van der Waals surface area contributed by atoms with Gasteiger partial charge in [-0.2, -0.15) is 0 Å². The van der Waals surface area contributed by atoms with E-state index in [1.807, 2.05) is 32.0 Å². The van der Waals surface area contributed by atoms with Crippen LogP contribution in [0.25, 0.3) is 0 Å². The molecule has 0 bridgehead atoms. The van der Waals surface area contributed by atoms with Gasteiger partial charge in [-0.25, -0.2) is 8.42 Å². The Kier molecular flexibility index (Phi) is 5.54. The fraction of sp³-hybridized carbons (Fsp3) is 0.500. The molecule has 1 aromatic rings. The third-order valence-electron chi connectivity index (χ3n) is 2.59. The predicted molar refractivity (Wildman–Crippen MR) is 74.7 cm³/mol. The van der Waals surface area contributed by atoms with Crippen molar-refractivity contribution >= 4 is 15.8 Å². The van der Waals surface area contributed by atoms with Crippen LogP contribution in [0, 0.1) is 13.8 Å². The van der Waals surface area contributed by atoms with Crippen LogP contribution in [-0.2, 0) is 25.1 Å². The van der Waals surface area contributed by atoms with Gasteiger partial charge in [0.2, 0.25) is 0 Å². The summed E-state index contributed by atoms with van der Waals surface area (Å²) >= 11 is 0. The monoisotopic (exact) mass is 284 g/mol. The summed E-state index contributed by atoms with van der Waals surface area (Å²) in [6, 6.07) is 5.71. The second kappa shape index (κ2) is 6.70. The van der Waals surface area contributed by atoms with Crippen LogP contribution in [0.4, 0.5) is 0 Å². The van der Waals surface area contributed by atoms with Gasteiger partial charge in [-0.1, -0.05) is 29.3 Å². The maximum Gasteiger partial charge on any atom is 0.306 e. The molecule has 0 spiro atoms. The Morgan fingerprint density at radius 1 is 1.16 bits per heavy atom. The summed E-state index contributed by atoms with van der Waals surface area (Å²) < 4.78 is 28.6. The van der Waals surface area contributed by atoms with Crippen LogP contribution in [0.5, 0.6) is 0 Å². The van der Waals surface area contributed by atoms with Gasteiger partial charge in [-0.3, -0.25) is 4.79 Å². The highest BCUT2D eigenvalue weighted by Gasteiger charge is 2.15. The molecule has 0 N–H and O–H groups in total. The first-order chi connectivity index (χ1) is 8.82. The molecule has 0 aliphatic rings. The standard InChI is InChI=1S/C14H20O4S/c1-4-18-14(15)5-6-19(16,17)10-13-8-11(2)7-12(3)9-13/h7-9H,4-6,10H2,1-3H3. The summed E-state index contributed by atoms with van der Waals surface area (Å²) in [6.45, 7) is 5.83. The zero-order valence-electron chi connectivity index (χ0n) is 11.6. The Balaban J connectivity index is 2.66. The largest absolute Gasteiger partial charge is 0.466 e. The number of carbonyl (C=O) groups is 1. The topological polar surface area (TPSA) is 60.4 Å². The lowest BCUT2D eigenvalue weighted by atomic mass is 10.1. The molecule has 0 saturated carbocycles. The second-order valence-corrected chi connectivity index (χ2v) is 6.83. The smallest absolute Gasteiger partial charge is 0.306 e. The van der Waals surface area contributed by atoms with E-state index in [2.05, 4.69) is 0 Å². The van der Waals surface area contributed by atoms with Gasteiger partial charge in [0, 0.05) is 0 Å². The third kappa shape index (κ3) is 5.87. The van der Waals surface area contributed by atoms with Crippen molar-refractivity contribution in [3.05, 3.63) is 34.9 Å². The number of benzene rings is 1. The van der Waals surface area contributed by atoms with Crippen molar-refractivity contribution in [2.75, 3.05) is 12.4 Å². The summed E-state index contributed by atoms with van der Waals surface area (Å²) in [5.74, 6) is -0.667. The molecule has 0 aliphatic heterocycles. The Bertz CT molecular complexity index is 526. The van der Waals surface area contributed by atoms with Crippen LogP contribution in [0.2, 0.25) is 0 Å². The first-order valence-corrected chi connectivity index (χ1v) is 8.08. The van der Waals surface area contributed by atoms with Gasteiger partial charge in [0.15, 0.2) is 9.84 Å². The molecule has 19 heavy (non-hydrogen) atoms. The zero-order valence-corrected chi connectivity index (χ0v) is 12.4. The van der Waals surface area contributed by atoms with E-state index in [9.17, 15) is 13.2 Å². The summed E-state index contributed by atoms with van der Waals surface area (Å²) in [5.41, 5.74) is 2.84. The van der Waals surface area contributed by atoms with Gasteiger partial charge in [-0.05, 0) is 26.3 Å². The van der Waals surface area contributed by atoms with Crippen LogP contribution in [0.1, 0.15) is 30.0 Å². The van der Waals surface area contributed by atoms with E-state index in [1.165, 1.54) is 0 Å². The van der Waals surface area contributed by atoms with Crippen LogP contribution < -0.4 is 0 Å². The molecule has 0 unspecified atom stereocenters. The van der Waals surface area contributed by atoms with E-state index in [1.54, 1.807) is 6.92 Å². The van der Waals surface area contributed by atoms with Gasteiger partial charge in [0.05, 0.1) is 24.5 Å². The average Bonchev–Trinajstić information content (AvgIpc) is 2.25. The third-order valence-corrected chi connectivity index (χ3v) is 4.19. The summed E-state index contributed by atoms with van der Waals surface area (Å²) in [4.78, 5) is 11.2. The Morgan fingerprint density at radius 2 is 1.74 bits per heavy atom. The molecular weight excluding hydrogens is 264 g/mol. The highest BCUT2D eigenvalue weighted by atomic mass is 32.2. The molecule has 106 valence electrons. The summed E-state index contributed by atoms with van der Waals surface area (Å²) in [7, 11) is -3.28. The highest BCUT2D eigenvalue weighted by Crippen LogP contribution is 2.13. The van der Waals surface area contributed by atoms with E-state index in [0.29, 0.717) is 0 Å². The van der Waals surface area contributed by atoms with Crippen molar-refractivity contribution in [1.82, 2.24) is 0 Å². The molecule has 0 radical (unpaired) electrons. The van der Waals surface area contributed by atoms with Crippen molar-refractivity contribution in [3.63, 3.8) is 0 Å². The van der Waals surface area contributed by atoms with Crippen molar-refractivity contribution in [2.45, 2.75) is 32.9 Å². The molecule has 0 fully saturated rings. The van der Waals surface area contributed by atoms with E-state index in [-0.39, 0.29) is 24.5 Å². The maximum absolute atomic E-state index is 11.9. The minimum atomic E-state index is -3.28. The molecule has 5 heteroatoms. The number of hydrogen-bond acceptors (Lipinski definition) is 4. The lowest BCUT2D eigenvalue weighted by Crippen LogP contribution is -2.15. The lowest BCUT2D eigenvalue weighted by molar-refractivity contribution is -0.142. The van der Waals surface area contributed by atoms with Gasteiger partial charge >= 0.3 is 5.97 Å². The number of ether oxygens (including phenoxy) is 1. The number of carbonyl (C=O) groups excluding carboxylic acids is 1. The van der Waals surface area contributed by atoms with Crippen molar-refractivity contribution in [3.8, 4) is 0 Å². The minimum absolute atomic E-state index is 0.0328. The number of esters is 1. The van der Waals surface area contributed by atoms with Gasteiger partial charge in [-0.15, -0.1) is 0 Å². The number of rotatable bonds is 6. The molecule has 0 heterocycles. The molecule has 1 rings (SSSR count).